The van der Waals surface area contributed by atoms with Crippen LogP contribution in [0.4, 0.5) is 10.7 Å². The van der Waals surface area contributed by atoms with Crippen LogP contribution in [0.3, 0.4) is 0 Å². The highest BCUT2D eigenvalue weighted by atomic mass is 32.2. The summed E-state index contributed by atoms with van der Waals surface area (Å²) in [4.78, 5) is 14.5. The van der Waals surface area contributed by atoms with Gasteiger partial charge >= 0.3 is 5.69 Å². The zero-order valence-corrected chi connectivity index (χ0v) is 15.5. The average molecular weight is 393 g/mol. The van der Waals surface area contributed by atoms with Crippen molar-refractivity contribution < 1.29 is 13.3 Å². The monoisotopic (exact) mass is 393 g/mol. The fourth-order valence-corrected chi connectivity index (χ4v) is 4.35. The van der Waals surface area contributed by atoms with Crippen LogP contribution in [0.5, 0.6) is 0 Å². The van der Waals surface area contributed by atoms with E-state index in [1.807, 2.05) is 31.2 Å². The lowest BCUT2D eigenvalue weighted by molar-refractivity contribution is -0.383. The van der Waals surface area contributed by atoms with Crippen molar-refractivity contribution >= 4 is 31.9 Å². The minimum atomic E-state index is -3.51. The number of hydrogen-bond donors (Lipinski definition) is 1. The Labute approximate surface area is 153 Å². The normalized spacial score (nSPS) is 12.7. The summed E-state index contributed by atoms with van der Waals surface area (Å²) in [6.45, 7) is 1.84. The molecule has 0 aliphatic carbocycles. The molecule has 1 N–H and O–H groups in total. The molecule has 9 nitrogen and oxygen atoms in total. The van der Waals surface area contributed by atoms with Gasteiger partial charge in [-0.25, -0.2) is 18.1 Å². The number of anilines is 1. The number of aromatic nitrogens is 3. The number of nitrogens with one attached hydrogen (secondary N) is 1. The second-order valence-electron chi connectivity index (χ2n) is 5.61. The number of sulfone groups is 1. The summed E-state index contributed by atoms with van der Waals surface area (Å²) in [6, 6.07) is 8.27. The Hall–Kier alpha value is -2.79. The van der Waals surface area contributed by atoms with Crippen LogP contribution in [0.2, 0.25) is 0 Å². The van der Waals surface area contributed by atoms with E-state index in [1.165, 1.54) is 6.33 Å². The van der Waals surface area contributed by atoms with Crippen molar-refractivity contribution in [2.24, 2.45) is 0 Å². The van der Waals surface area contributed by atoms with Gasteiger partial charge in [-0.1, -0.05) is 23.5 Å². The number of hydrogen-bond acceptors (Lipinski definition) is 8. The molecular weight excluding hydrogens is 378 g/mol. The predicted molar refractivity (Wildman–Crippen MR) is 97.5 cm³/mol. The number of thiophene rings is 1. The summed E-state index contributed by atoms with van der Waals surface area (Å²) in [7, 11) is -3.51. The van der Waals surface area contributed by atoms with Crippen LogP contribution in [0.15, 0.2) is 47.2 Å². The molecule has 1 atom stereocenters. The minimum Gasteiger partial charge on any atom is -0.365 e. The maximum absolute atomic E-state index is 11.7. The van der Waals surface area contributed by atoms with Gasteiger partial charge in [-0.05, 0) is 24.6 Å². The Morgan fingerprint density at radius 1 is 1.31 bits per heavy atom. The number of nitrogens with zero attached hydrogens (tertiary/aromatic N) is 4. The van der Waals surface area contributed by atoms with Crippen molar-refractivity contribution in [1.82, 2.24) is 14.8 Å². The van der Waals surface area contributed by atoms with Gasteiger partial charge in [-0.2, -0.15) is 5.10 Å². The van der Waals surface area contributed by atoms with E-state index in [9.17, 15) is 18.5 Å². The Morgan fingerprint density at radius 3 is 2.54 bits per heavy atom. The third-order valence-corrected chi connectivity index (χ3v) is 6.53. The molecule has 0 aliphatic heterocycles. The van der Waals surface area contributed by atoms with Gasteiger partial charge in [0.25, 0.3) is 0 Å². The summed E-state index contributed by atoms with van der Waals surface area (Å²) >= 11 is 0.856. The summed E-state index contributed by atoms with van der Waals surface area (Å²) in [5, 5.41) is 18.5. The van der Waals surface area contributed by atoms with Gasteiger partial charge < -0.3 is 5.32 Å². The molecule has 2 heterocycles. The van der Waals surface area contributed by atoms with Crippen LogP contribution in [0, 0.1) is 10.1 Å². The molecule has 0 aliphatic rings. The molecule has 3 rings (SSSR count). The zero-order valence-electron chi connectivity index (χ0n) is 13.9. The fraction of sp³-hybridized carbons (Fsp3) is 0.200. The van der Waals surface area contributed by atoms with Gasteiger partial charge in [0.05, 0.1) is 10.6 Å². The standard InChI is InChI=1S/C15H15N5O4S2/c1-10(11-3-5-12(6-4-11)19-9-16-8-17-19)18-15-13(20(21)22)7-14(25-15)26(2,23)24/h3-10,18H,1-2H3. The Kier molecular flexibility index (Phi) is 4.74. The molecule has 11 heteroatoms. The average Bonchev–Trinajstić information content (AvgIpc) is 3.24. The van der Waals surface area contributed by atoms with Crippen LogP contribution < -0.4 is 5.32 Å². The highest BCUT2D eigenvalue weighted by Crippen LogP contribution is 2.38. The van der Waals surface area contributed by atoms with Crippen molar-refractivity contribution in [3.63, 3.8) is 0 Å². The van der Waals surface area contributed by atoms with Gasteiger partial charge in [0.1, 0.15) is 16.9 Å². The van der Waals surface area contributed by atoms with Crippen molar-refractivity contribution in [2.45, 2.75) is 17.2 Å². The second kappa shape index (κ2) is 6.84. The van der Waals surface area contributed by atoms with Crippen LogP contribution in [0.25, 0.3) is 5.69 Å². The molecule has 3 aromatic rings. The molecule has 26 heavy (non-hydrogen) atoms. The second-order valence-corrected chi connectivity index (χ2v) is 8.90. The maximum Gasteiger partial charge on any atom is 0.304 e. The summed E-state index contributed by atoms with van der Waals surface area (Å²) < 4.78 is 24.9. The fourth-order valence-electron chi connectivity index (χ4n) is 2.32. The highest BCUT2D eigenvalue weighted by molar-refractivity contribution is 7.92. The first kappa shape index (κ1) is 18.0. The number of rotatable bonds is 6. The smallest absolute Gasteiger partial charge is 0.304 e. The first-order valence-electron chi connectivity index (χ1n) is 7.45. The third kappa shape index (κ3) is 3.73. The van der Waals surface area contributed by atoms with E-state index >= 15 is 0 Å². The molecule has 2 aromatic heterocycles. The Balaban J connectivity index is 1.84. The highest BCUT2D eigenvalue weighted by Gasteiger charge is 2.24. The number of benzene rings is 1. The first-order chi connectivity index (χ1) is 12.3. The largest absolute Gasteiger partial charge is 0.365 e. The molecule has 1 unspecified atom stereocenters. The van der Waals surface area contributed by atoms with E-state index < -0.39 is 14.8 Å². The van der Waals surface area contributed by atoms with Crippen molar-refractivity contribution in [1.29, 1.82) is 0 Å². The summed E-state index contributed by atoms with van der Waals surface area (Å²) in [5.41, 5.74) is 1.47. The van der Waals surface area contributed by atoms with Gasteiger partial charge in [0, 0.05) is 18.4 Å². The van der Waals surface area contributed by atoms with Crippen LogP contribution in [-0.2, 0) is 9.84 Å². The lowest BCUT2D eigenvalue weighted by Crippen LogP contribution is -2.07. The molecule has 0 spiro atoms. The van der Waals surface area contributed by atoms with E-state index in [1.54, 1.807) is 11.0 Å². The molecule has 0 fully saturated rings. The molecule has 0 amide bonds. The minimum absolute atomic E-state index is 0.0413. The maximum atomic E-state index is 11.7. The number of nitro groups is 1. The van der Waals surface area contributed by atoms with E-state index in [4.69, 9.17) is 0 Å². The molecular formula is C15H15N5O4S2. The van der Waals surface area contributed by atoms with Crippen molar-refractivity contribution in [3.8, 4) is 5.69 Å². The van der Waals surface area contributed by atoms with E-state index in [2.05, 4.69) is 15.4 Å². The Bertz CT molecular complexity index is 1030. The lowest BCUT2D eigenvalue weighted by Gasteiger charge is -2.14. The van der Waals surface area contributed by atoms with Gasteiger partial charge in [0.2, 0.25) is 0 Å². The van der Waals surface area contributed by atoms with Crippen LogP contribution in [0.1, 0.15) is 18.5 Å². The first-order valence-corrected chi connectivity index (χ1v) is 10.2. The van der Waals surface area contributed by atoms with Gasteiger partial charge in [-0.15, -0.1) is 0 Å². The lowest BCUT2D eigenvalue weighted by atomic mass is 10.1. The van der Waals surface area contributed by atoms with Crippen molar-refractivity contribution in [2.75, 3.05) is 11.6 Å². The molecule has 136 valence electrons. The Morgan fingerprint density at radius 2 is 2.00 bits per heavy atom. The van der Waals surface area contributed by atoms with E-state index in [-0.39, 0.29) is 20.9 Å². The van der Waals surface area contributed by atoms with Crippen molar-refractivity contribution in [3.05, 3.63) is 58.7 Å². The topological polar surface area (TPSA) is 120 Å². The molecule has 0 saturated carbocycles. The van der Waals surface area contributed by atoms with Crippen LogP contribution >= 0.6 is 11.3 Å². The SMILES string of the molecule is CC(Nc1sc(S(C)(=O)=O)cc1[N+](=O)[O-])c1ccc(-n2cncn2)cc1. The summed E-state index contributed by atoms with van der Waals surface area (Å²) in [6.07, 6.45) is 4.05. The third-order valence-electron chi connectivity index (χ3n) is 3.68. The molecule has 0 saturated heterocycles. The zero-order chi connectivity index (χ0) is 18.9. The van der Waals surface area contributed by atoms with E-state index in [0.717, 1.165) is 34.9 Å². The van der Waals surface area contributed by atoms with E-state index in [0.29, 0.717) is 0 Å². The van der Waals surface area contributed by atoms with Gasteiger partial charge in [0.15, 0.2) is 14.8 Å². The predicted octanol–water partition coefficient (Wildman–Crippen LogP) is 2.81. The quantitative estimate of drug-likeness (QED) is 0.505. The summed E-state index contributed by atoms with van der Waals surface area (Å²) in [5.74, 6) is 0. The van der Waals surface area contributed by atoms with Crippen LogP contribution in [-0.4, -0.2) is 34.4 Å². The van der Waals surface area contributed by atoms with Gasteiger partial charge in [-0.3, -0.25) is 10.1 Å². The molecule has 0 bridgehead atoms. The molecule has 1 aromatic carbocycles. The molecule has 0 radical (unpaired) electrons.